The molecule has 118 valence electrons. The van der Waals surface area contributed by atoms with Gasteiger partial charge >= 0.3 is 5.97 Å². The molecule has 3 rings (SSSR count). The molecule has 0 aliphatic heterocycles. The summed E-state index contributed by atoms with van der Waals surface area (Å²) in [5.41, 5.74) is 1.89. The van der Waals surface area contributed by atoms with Crippen molar-refractivity contribution in [1.82, 2.24) is 9.55 Å². The minimum absolute atomic E-state index is 0.0340. The molecule has 1 atom stereocenters. The van der Waals surface area contributed by atoms with E-state index in [9.17, 15) is 18.3 Å². The molecule has 0 bridgehead atoms. The SMILES string of the molecule is Cc1ccc(S(=O)(=O)C(C(=O)O)n2cnc3ccccc32)cc1. The molecule has 6 nitrogen and oxygen atoms in total. The number of nitrogens with zero attached hydrogens (tertiary/aromatic N) is 2. The van der Waals surface area contributed by atoms with E-state index in [1.807, 2.05) is 6.92 Å². The number of carboxylic acids is 1. The smallest absolute Gasteiger partial charge is 0.343 e. The van der Waals surface area contributed by atoms with Gasteiger partial charge in [0.25, 0.3) is 0 Å². The van der Waals surface area contributed by atoms with Crippen LogP contribution in [0.3, 0.4) is 0 Å². The van der Waals surface area contributed by atoms with Crippen LogP contribution < -0.4 is 0 Å². The molecule has 0 aliphatic carbocycles. The van der Waals surface area contributed by atoms with E-state index in [4.69, 9.17) is 0 Å². The van der Waals surface area contributed by atoms with Gasteiger partial charge in [0.2, 0.25) is 15.2 Å². The number of aliphatic carboxylic acids is 1. The third kappa shape index (κ3) is 2.59. The number of para-hydroxylation sites is 2. The zero-order valence-corrected chi connectivity index (χ0v) is 13.1. The predicted octanol–water partition coefficient (Wildman–Crippen LogP) is 2.40. The Morgan fingerprint density at radius 2 is 1.78 bits per heavy atom. The van der Waals surface area contributed by atoms with Gasteiger partial charge in [-0.1, -0.05) is 29.8 Å². The first-order valence-corrected chi connectivity index (χ1v) is 8.41. The van der Waals surface area contributed by atoms with Crippen LogP contribution in [-0.2, 0) is 14.6 Å². The van der Waals surface area contributed by atoms with Gasteiger partial charge < -0.3 is 9.67 Å². The van der Waals surface area contributed by atoms with Gasteiger partial charge in [0.05, 0.1) is 22.3 Å². The van der Waals surface area contributed by atoms with Crippen LogP contribution >= 0.6 is 0 Å². The van der Waals surface area contributed by atoms with Crippen molar-refractivity contribution in [3.8, 4) is 0 Å². The summed E-state index contributed by atoms with van der Waals surface area (Å²) in [5.74, 6) is -1.45. The third-order valence-electron chi connectivity index (χ3n) is 3.59. The van der Waals surface area contributed by atoms with Gasteiger partial charge in [-0.05, 0) is 31.2 Å². The largest absolute Gasteiger partial charge is 0.479 e. The molecule has 0 radical (unpaired) electrons. The third-order valence-corrected chi connectivity index (χ3v) is 5.53. The van der Waals surface area contributed by atoms with E-state index in [0.29, 0.717) is 11.0 Å². The molecule has 1 N–H and O–H groups in total. The summed E-state index contributed by atoms with van der Waals surface area (Å²) in [5, 5.41) is 7.76. The number of benzene rings is 2. The van der Waals surface area contributed by atoms with Crippen molar-refractivity contribution in [2.45, 2.75) is 17.2 Å². The lowest BCUT2D eigenvalue weighted by atomic mass is 10.2. The van der Waals surface area contributed by atoms with Crippen LogP contribution in [0.4, 0.5) is 0 Å². The zero-order chi connectivity index (χ0) is 16.6. The highest BCUT2D eigenvalue weighted by molar-refractivity contribution is 7.92. The fourth-order valence-corrected chi connectivity index (χ4v) is 3.93. The molecular formula is C16H14N2O4S. The second-order valence-electron chi connectivity index (χ2n) is 5.19. The van der Waals surface area contributed by atoms with E-state index < -0.39 is 21.2 Å². The van der Waals surface area contributed by atoms with Gasteiger partial charge in [0.15, 0.2) is 0 Å². The second-order valence-corrected chi connectivity index (χ2v) is 7.20. The van der Waals surface area contributed by atoms with Crippen LogP contribution in [0.1, 0.15) is 10.9 Å². The Labute approximate surface area is 132 Å². The highest BCUT2D eigenvalue weighted by atomic mass is 32.2. The lowest BCUT2D eigenvalue weighted by Crippen LogP contribution is -2.27. The number of aromatic nitrogens is 2. The lowest BCUT2D eigenvalue weighted by Gasteiger charge is -2.16. The molecule has 0 amide bonds. The molecule has 1 aromatic heterocycles. The fraction of sp³-hybridized carbons (Fsp3) is 0.125. The topological polar surface area (TPSA) is 89.3 Å². The van der Waals surface area contributed by atoms with Crippen molar-refractivity contribution in [1.29, 1.82) is 0 Å². The van der Waals surface area contributed by atoms with E-state index in [0.717, 1.165) is 5.56 Å². The van der Waals surface area contributed by atoms with Crippen molar-refractivity contribution in [2.75, 3.05) is 0 Å². The second kappa shape index (κ2) is 5.51. The summed E-state index contributed by atoms with van der Waals surface area (Å²) in [6, 6.07) is 12.9. The maximum absolute atomic E-state index is 12.8. The molecule has 0 saturated carbocycles. The Kier molecular flexibility index (Phi) is 3.65. The number of hydrogen-bond acceptors (Lipinski definition) is 4. The number of carboxylic acid groups (broad SMARTS) is 1. The first-order valence-electron chi connectivity index (χ1n) is 6.86. The van der Waals surface area contributed by atoms with Gasteiger partial charge in [-0.15, -0.1) is 0 Å². The average molecular weight is 330 g/mol. The van der Waals surface area contributed by atoms with Crippen molar-refractivity contribution in [3.63, 3.8) is 0 Å². The summed E-state index contributed by atoms with van der Waals surface area (Å²) in [7, 11) is -4.11. The Hall–Kier alpha value is -2.67. The van der Waals surface area contributed by atoms with Crippen LogP contribution in [0.5, 0.6) is 0 Å². The van der Waals surface area contributed by atoms with E-state index in [2.05, 4.69) is 4.98 Å². The highest BCUT2D eigenvalue weighted by Gasteiger charge is 2.36. The lowest BCUT2D eigenvalue weighted by molar-refractivity contribution is -0.138. The quantitative estimate of drug-likeness (QED) is 0.793. The summed E-state index contributed by atoms with van der Waals surface area (Å²) in [6.07, 6.45) is 1.25. The Morgan fingerprint density at radius 1 is 1.13 bits per heavy atom. The van der Waals surface area contributed by atoms with Crippen molar-refractivity contribution in [3.05, 3.63) is 60.4 Å². The molecule has 1 heterocycles. The molecule has 0 spiro atoms. The monoisotopic (exact) mass is 330 g/mol. The number of imidazole rings is 1. The molecule has 23 heavy (non-hydrogen) atoms. The van der Waals surface area contributed by atoms with Crippen LogP contribution in [-0.4, -0.2) is 29.0 Å². The number of rotatable bonds is 4. The molecule has 1 unspecified atom stereocenters. The maximum Gasteiger partial charge on any atom is 0.343 e. The molecule has 0 saturated heterocycles. The van der Waals surface area contributed by atoms with Crippen LogP contribution in [0.25, 0.3) is 11.0 Å². The minimum Gasteiger partial charge on any atom is -0.479 e. The average Bonchev–Trinajstić information content (AvgIpc) is 2.91. The van der Waals surface area contributed by atoms with Crippen LogP contribution in [0.2, 0.25) is 0 Å². The number of hydrogen-bond donors (Lipinski definition) is 1. The molecule has 0 aliphatic rings. The van der Waals surface area contributed by atoms with Gasteiger partial charge in [-0.25, -0.2) is 18.2 Å². The molecular weight excluding hydrogens is 316 g/mol. The number of carbonyl (C=O) groups is 1. The summed E-state index contributed by atoms with van der Waals surface area (Å²) >= 11 is 0. The Balaban J connectivity index is 2.19. The first-order chi connectivity index (χ1) is 10.9. The van der Waals surface area contributed by atoms with Gasteiger partial charge in [0.1, 0.15) is 0 Å². The first kappa shape index (κ1) is 15.2. The number of fused-ring (bicyclic) bond motifs is 1. The van der Waals surface area contributed by atoms with E-state index >= 15 is 0 Å². The van der Waals surface area contributed by atoms with Crippen molar-refractivity contribution < 1.29 is 18.3 Å². The van der Waals surface area contributed by atoms with Gasteiger partial charge in [0, 0.05) is 0 Å². The summed E-state index contributed by atoms with van der Waals surface area (Å²) in [4.78, 5) is 15.7. The molecule has 2 aromatic carbocycles. The highest BCUT2D eigenvalue weighted by Crippen LogP contribution is 2.28. The molecule has 0 fully saturated rings. The van der Waals surface area contributed by atoms with Crippen molar-refractivity contribution in [2.24, 2.45) is 0 Å². The van der Waals surface area contributed by atoms with E-state index in [1.165, 1.54) is 23.0 Å². The maximum atomic E-state index is 12.8. The normalized spacial score (nSPS) is 13.1. The standard InChI is InChI=1S/C16H14N2O4S/c1-11-6-8-12(9-7-11)23(21,22)15(16(19)20)18-10-17-13-4-2-3-5-14(13)18/h2-10,15H,1H3,(H,19,20). The Morgan fingerprint density at radius 3 is 2.43 bits per heavy atom. The van der Waals surface area contributed by atoms with Gasteiger partial charge in [-0.2, -0.15) is 0 Å². The zero-order valence-electron chi connectivity index (χ0n) is 12.2. The van der Waals surface area contributed by atoms with Crippen LogP contribution in [0.15, 0.2) is 59.8 Å². The van der Waals surface area contributed by atoms with Gasteiger partial charge in [-0.3, -0.25) is 0 Å². The summed E-state index contributed by atoms with van der Waals surface area (Å²) in [6.45, 7) is 1.83. The van der Waals surface area contributed by atoms with Crippen LogP contribution in [0, 0.1) is 6.92 Å². The predicted molar refractivity (Wildman–Crippen MR) is 84.8 cm³/mol. The Bertz CT molecular complexity index is 975. The molecule has 3 aromatic rings. The minimum atomic E-state index is -4.11. The van der Waals surface area contributed by atoms with E-state index in [1.54, 1.807) is 36.4 Å². The summed E-state index contributed by atoms with van der Waals surface area (Å²) < 4.78 is 26.8. The van der Waals surface area contributed by atoms with Crippen molar-refractivity contribution >= 4 is 26.8 Å². The molecule has 7 heteroatoms. The fourth-order valence-electron chi connectivity index (χ4n) is 2.42. The van der Waals surface area contributed by atoms with E-state index in [-0.39, 0.29) is 4.90 Å². The number of sulfone groups is 1. The number of aryl methyl sites for hydroxylation is 1.